The molecule has 5 heteroatoms. The molecular formula is C24H25NO4. The molecule has 5 rings (SSSR count). The second-order valence-electron chi connectivity index (χ2n) is 8.69. The van der Waals surface area contributed by atoms with Crippen molar-refractivity contribution in [2.75, 3.05) is 18.7 Å². The van der Waals surface area contributed by atoms with Crippen LogP contribution in [0.4, 0.5) is 5.69 Å². The number of carbonyl (C=O) groups excluding carboxylic acids is 1. The molecule has 0 aromatic heterocycles. The predicted octanol–water partition coefficient (Wildman–Crippen LogP) is 5.01. The normalized spacial score (nSPS) is 21.3. The lowest BCUT2D eigenvalue weighted by atomic mass is 9.68. The highest BCUT2D eigenvalue weighted by Crippen LogP contribution is 2.51. The summed E-state index contributed by atoms with van der Waals surface area (Å²) in [7, 11) is 0. The number of carbonyl (C=O) groups is 1. The van der Waals surface area contributed by atoms with Gasteiger partial charge in [-0.3, -0.25) is 4.79 Å². The maximum atomic E-state index is 13.3. The molecule has 0 saturated heterocycles. The number of nitrogens with one attached hydrogen (secondary N) is 1. The highest BCUT2D eigenvalue weighted by atomic mass is 16.7. The number of ether oxygens (including phenoxy) is 3. The van der Waals surface area contributed by atoms with Crippen LogP contribution in [0.5, 0.6) is 17.2 Å². The minimum Gasteiger partial charge on any atom is -0.494 e. The van der Waals surface area contributed by atoms with Gasteiger partial charge in [0.2, 0.25) is 6.79 Å². The molecule has 3 aliphatic rings. The zero-order valence-corrected chi connectivity index (χ0v) is 17.0. The number of rotatable bonds is 3. The van der Waals surface area contributed by atoms with Crippen LogP contribution in [0.2, 0.25) is 0 Å². The van der Waals surface area contributed by atoms with Gasteiger partial charge in [-0.25, -0.2) is 0 Å². The van der Waals surface area contributed by atoms with Gasteiger partial charge in [0.1, 0.15) is 5.75 Å². The maximum Gasteiger partial charge on any atom is 0.231 e. The second kappa shape index (κ2) is 6.55. The van der Waals surface area contributed by atoms with Crippen molar-refractivity contribution in [3.8, 4) is 17.2 Å². The van der Waals surface area contributed by atoms with Crippen LogP contribution in [0, 0.1) is 5.41 Å². The highest BCUT2D eigenvalue weighted by molar-refractivity contribution is 6.01. The number of anilines is 1. The third-order valence-electron chi connectivity index (χ3n) is 5.87. The summed E-state index contributed by atoms with van der Waals surface area (Å²) in [5.41, 5.74) is 4.95. The third-order valence-corrected chi connectivity index (χ3v) is 5.87. The van der Waals surface area contributed by atoms with Crippen molar-refractivity contribution >= 4 is 11.5 Å². The Kier molecular flexibility index (Phi) is 4.09. The molecule has 5 nitrogen and oxygen atoms in total. The van der Waals surface area contributed by atoms with E-state index < -0.39 is 0 Å². The number of hydrogen-bond donors (Lipinski definition) is 1. The Morgan fingerprint density at radius 1 is 1.10 bits per heavy atom. The lowest BCUT2D eigenvalue weighted by Crippen LogP contribution is -2.33. The van der Waals surface area contributed by atoms with Crippen molar-refractivity contribution in [3.05, 3.63) is 58.8 Å². The van der Waals surface area contributed by atoms with Gasteiger partial charge < -0.3 is 19.5 Å². The molecule has 1 aliphatic carbocycles. The van der Waals surface area contributed by atoms with E-state index in [9.17, 15) is 4.79 Å². The molecule has 0 fully saturated rings. The molecule has 1 atom stereocenters. The van der Waals surface area contributed by atoms with Crippen LogP contribution in [0.25, 0.3) is 0 Å². The molecular weight excluding hydrogens is 366 g/mol. The second-order valence-corrected chi connectivity index (χ2v) is 8.69. The van der Waals surface area contributed by atoms with Crippen LogP contribution < -0.4 is 19.5 Å². The summed E-state index contributed by atoms with van der Waals surface area (Å²) in [6, 6.07) is 12.1. The molecule has 2 aliphatic heterocycles. The number of benzene rings is 2. The largest absolute Gasteiger partial charge is 0.494 e. The van der Waals surface area contributed by atoms with Crippen LogP contribution in [0.15, 0.2) is 47.7 Å². The van der Waals surface area contributed by atoms with E-state index >= 15 is 0 Å². The van der Waals surface area contributed by atoms with Crippen molar-refractivity contribution < 1.29 is 19.0 Å². The van der Waals surface area contributed by atoms with E-state index in [4.69, 9.17) is 14.2 Å². The number of ketones is 1. The van der Waals surface area contributed by atoms with E-state index in [1.807, 2.05) is 31.2 Å². The Labute approximate surface area is 170 Å². The van der Waals surface area contributed by atoms with Crippen LogP contribution in [-0.4, -0.2) is 19.2 Å². The molecule has 29 heavy (non-hydrogen) atoms. The zero-order valence-electron chi connectivity index (χ0n) is 17.0. The molecule has 0 bridgehead atoms. The van der Waals surface area contributed by atoms with Gasteiger partial charge in [0.25, 0.3) is 0 Å². The average Bonchev–Trinajstić information content (AvgIpc) is 3.12. The lowest BCUT2D eigenvalue weighted by molar-refractivity contribution is -0.118. The molecule has 2 aromatic rings. The Morgan fingerprint density at radius 2 is 1.83 bits per heavy atom. The molecule has 150 valence electrons. The molecule has 0 spiro atoms. The van der Waals surface area contributed by atoms with Gasteiger partial charge >= 0.3 is 0 Å². The number of fused-ring (bicyclic) bond motifs is 2. The number of allylic oxidation sites excluding steroid dienone is 2. The van der Waals surface area contributed by atoms with Gasteiger partial charge in [-0.15, -0.1) is 0 Å². The smallest absolute Gasteiger partial charge is 0.231 e. The van der Waals surface area contributed by atoms with Crippen molar-refractivity contribution in [3.63, 3.8) is 0 Å². The maximum absolute atomic E-state index is 13.3. The van der Waals surface area contributed by atoms with Gasteiger partial charge in [0.05, 0.1) is 6.61 Å². The van der Waals surface area contributed by atoms with Crippen LogP contribution >= 0.6 is 0 Å². The van der Waals surface area contributed by atoms with Gasteiger partial charge in [-0.1, -0.05) is 26.0 Å². The third kappa shape index (κ3) is 3.05. The first-order valence-corrected chi connectivity index (χ1v) is 10.1. The SMILES string of the molecule is CCOc1ccc(C2C3=C(CC(C)(C)CC3=O)Nc3cc4c(cc32)OCO4)cc1. The van der Waals surface area contributed by atoms with Crippen molar-refractivity contribution in [2.24, 2.45) is 5.41 Å². The monoisotopic (exact) mass is 391 g/mol. The average molecular weight is 391 g/mol. The predicted molar refractivity (Wildman–Crippen MR) is 111 cm³/mol. The molecule has 1 unspecified atom stereocenters. The van der Waals surface area contributed by atoms with E-state index in [2.05, 4.69) is 31.3 Å². The van der Waals surface area contributed by atoms with Gasteiger partial charge in [0.15, 0.2) is 17.3 Å². The summed E-state index contributed by atoms with van der Waals surface area (Å²) in [4.78, 5) is 13.3. The van der Waals surface area contributed by atoms with Crippen LogP contribution in [0.3, 0.4) is 0 Å². The standard InChI is InChI=1S/C24H25NO4/c1-4-27-15-7-5-14(6-8-15)22-16-9-20-21(29-13-28-20)10-17(16)25-18-11-24(2,3)12-19(26)23(18)22/h5-10,22,25H,4,11-13H2,1-3H3. The summed E-state index contributed by atoms with van der Waals surface area (Å²) >= 11 is 0. The first-order valence-electron chi connectivity index (χ1n) is 10.1. The number of Topliss-reactive ketones (excluding diaryl/α,β-unsaturated/α-hetero) is 1. The highest BCUT2D eigenvalue weighted by Gasteiger charge is 2.41. The summed E-state index contributed by atoms with van der Waals surface area (Å²) in [6.07, 6.45) is 1.40. The van der Waals surface area contributed by atoms with Crippen molar-refractivity contribution in [1.82, 2.24) is 0 Å². The fourth-order valence-corrected chi connectivity index (χ4v) is 4.67. The number of hydrogen-bond acceptors (Lipinski definition) is 5. The Balaban J connectivity index is 1.67. The Morgan fingerprint density at radius 3 is 2.55 bits per heavy atom. The van der Waals surface area contributed by atoms with Crippen molar-refractivity contribution in [1.29, 1.82) is 0 Å². The van der Waals surface area contributed by atoms with E-state index in [0.717, 1.165) is 51.8 Å². The molecule has 0 radical (unpaired) electrons. The minimum atomic E-state index is -0.130. The molecule has 1 N–H and O–H groups in total. The van der Waals surface area contributed by atoms with E-state index in [1.54, 1.807) is 0 Å². The van der Waals surface area contributed by atoms with E-state index in [-0.39, 0.29) is 23.9 Å². The summed E-state index contributed by atoms with van der Waals surface area (Å²) in [5, 5.41) is 3.54. The summed E-state index contributed by atoms with van der Waals surface area (Å²) < 4.78 is 16.8. The molecule has 2 heterocycles. The van der Waals surface area contributed by atoms with E-state index in [0.29, 0.717) is 13.0 Å². The van der Waals surface area contributed by atoms with Crippen molar-refractivity contribution in [2.45, 2.75) is 39.5 Å². The Bertz CT molecular complexity index is 1020. The van der Waals surface area contributed by atoms with Gasteiger partial charge in [0, 0.05) is 35.4 Å². The lowest BCUT2D eigenvalue weighted by Gasteiger charge is -2.39. The Hall–Kier alpha value is -2.95. The fraction of sp³-hybridized carbons (Fsp3) is 0.375. The van der Waals surface area contributed by atoms with E-state index in [1.165, 1.54) is 0 Å². The van der Waals surface area contributed by atoms with Gasteiger partial charge in [-0.05, 0) is 48.1 Å². The zero-order chi connectivity index (χ0) is 20.2. The fourth-order valence-electron chi connectivity index (χ4n) is 4.67. The van der Waals surface area contributed by atoms with Crippen LogP contribution in [0.1, 0.15) is 50.7 Å². The molecule has 0 amide bonds. The first kappa shape index (κ1) is 18.1. The quantitative estimate of drug-likeness (QED) is 0.797. The molecule has 2 aromatic carbocycles. The van der Waals surface area contributed by atoms with Crippen LogP contribution in [-0.2, 0) is 4.79 Å². The first-order chi connectivity index (χ1) is 13.9. The summed E-state index contributed by atoms with van der Waals surface area (Å²) in [5.74, 6) is 2.39. The topological polar surface area (TPSA) is 56.8 Å². The van der Waals surface area contributed by atoms with Gasteiger partial charge in [-0.2, -0.15) is 0 Å². The summed E-state index contributed by atoms with van der Waals surface area (Å²) in [6.45, 7) is 7.13. The molecule has 0 saturated carbocycles. The minimum absolute atomic E-state index is 0.0554.